The Morgan fingerprint density at radius 2 is 1.92 bits per heavy atom. The Morgan fingerprint density at radius 1 is 1.21 bits per heavy atom. The Balaban J connectivity index is 1.96. The molecule has 2 aromatic rings. The van der Waals surface area contributed by atoms with Gasteiger partial charge in [0, 0.05) is 18.3 Å². The number of esters is 1. The first-order valence-corrected chi connectivity index (χ1v) is 7.31. The van der Waals surface area contributed by atoms with Crippen molar-refractivity contribution in [3.63, 3.8) is 0 Å². The molecule has 24 heavy (non-hydrogen) atoms. The number of nitro benzene ring substituents is 1. The van der Waals surface area contributed by atoms with Gasteiger partial charge in [-0.25, -0.2) is 4.79 Å². The second-order valence-corrected chi connectivity index (χ2v) is 5.07. The molecular formula is C17H18N2O5. The van der Waals surface area contributed by atoms with Crippen molar-refractivity contribution < 1.29 is 19.2 Å². The first-order valence-electron chi connectivity index (χ1n) is 7.31. The zero-order valence-corrected chi connectivity index (χ0v) is 13.4. The van der Waals surface area contributed by atoms with Crippen molar-refractivity contribution in [1.82, 2.24) is 0 Å². The number of aryl methyl sites for hydroxylation is 1. The lowest BCUT2D eigenvalue weighted by molar-refractivity contribution is -0.385. The number of carbonyl (C=O) groups excluding carboxylic acids is 1. The van der Waals surface area contributed by atoms with Gasteiger partial charge in [-0.1, -0.05) is 17.7 Å². The van der Waals surface area contributed by atoms with E-state index in [4.69, 9.17) is 4.74 Å². The molecule has 0 unspecified atom stereocenters. The number of methoxy groups -OCH3 is 1. The van der Waals surface area contributed by atoms with Gasteiger partial charge >= 0.3 is 5.97 Å². The van der Waals surface area contributed by atoms with Gasteiger partial charge in [0.25, 0.3) is 5.69 Å². The molecule has 7 heteroatoms. The minimum atomic E-state index is -0.749. The smallest absolute Gasteiger partial charge is 0.344 e. The van der Waals surface area contributed by atoms with Gasteiger partial charge in [0.15, 0.2) is 0 Å². The zero-order valence-electron chi connectivity index (χ0n) is 13.4. The number of hydrogen-bond donors (Lipinski definition) is 1. The van der Waals surface area contributed by atoms with Gasteiger partial charge in [0.1, 0.15) is 17.9 Å². The molecule has 0 bridgehead atoms. The van der Waals surface area contributed by atoms with Crippen molar-refractivity contribution in [2.75, 3.05) is 25.6 Å². The molecule has 1 N–H and O–H groups in total. The van der Waals surface area contributed by atoms with E-state index in [0.717, 1.165) is 11.3 Å². The zero-order chi connectivity index (χ0) is 17.5. The molecule has 2 rings (SSSR count). The molecule has 0 amide bonds. The van der Waals surface area contributed by atoms with E-state index in [1.54, 1.807) is 0 Å². The van der Waals surface area contributed by atoms with Crippen LogP contribution in [0.25, 0.3) is 0 Å². The molecule has 126 valence electrons. The normalized spacial score (nSPS) is 10.1. The van der Waals surface area contributed by atoms with E-state index < -0.39 is 10.9 Å². The third kappa shape index (κ3) is 4.45. The van der Waals surface area contributed by atoms with E-state index in [-0.39, 0.29) is 11.3 Å². The lowest BCUT2D eigenvalue weighted by Gasteiger charge is -2.10. The number of benzene rings is 2. The minimum Gasteiger partial charge on any atom is -0.492 e. The number of nitrogens with zero attached hydrogens (tertiary/aromatic N) is 1. The number of hydrogen-bond acceptors (Lipinski definition) is 6. The third-order valence-corrected chi connectivity index (χ3v) is 3.32. The molecule has 0 saturated heterocycles. The summed E-state index contributed by atoms with van der Waals surface area (Å²) in [5.74, 6) is 0.0163. The number of carbonyl (C=O) groups is 1. The SMILES string of the molecule is COC(=O)c1cc(NCCOc2ccc(C)cc2)ccc1[N+](=O)[O-]. The lowest BCUT2D eigenvalue weighted by Crippen LogP contribution is -2.12. The van der Waals surface area contributed by atoms with Crippen molar-refractivity contribution >= 4 is 17.3 Å². The Kier molecular flexibility index (Phi) is 5.73. The van der Waals surface area contributed by atoms with Gasteiger partial charge in [-0.2, -0.15) is 0 Å². The summed E-state index contributed by atoms with van der Waals surface area (Å²) in [5.41, 5.74) is 1.35. The summed E-state index contributed by atoms with van der Waals surface area (Å²) in [4.78, 5) is 22.0. The van der Waals surface area contributed by atoms with Gasteiger partial charge in [0.2, 0.25) is 0 Å². The maximum atomic E-state index is 11.7. The fourth-order valence-electron chi connectivity index (χ4n) is 2.08. The third-order valence-electron chi connectivity index (χ3n) is 3.32. The molecule has 0 saturated carbocycles. The molecule has 0 atom stereocenters. The predicted molar refractivity (Wildman–Crippen MR) is 89.6 cm³/mol. The second kappa shape index (κ2) is 7.96. The highest BCUT2D eigenvalue weighted by Crippen LogP contribution is 2.23. The molecule has 0 aliphatic heterocycles. The van der Waals surface area contributed by atoms with Crippen LogP contribution in [0.3, 0.4) is 0 Å². The largest absolute Gasteiger partial charge is 0.492 e. The fraction of sp³-hybridized carbons (Fsp3) is 0.235. The van der Waals surface area contributed by atoms with E-state index >= 15 is 0 Å². The quantitative estimate of drug-likeness (QED) is 0.363. The molecule has 0 fully saturated rings. The molecule has 0 heterocycles. The van der Waals surface area contributed by atoms with E-state index in [9.17, 15) is 14.9 Å². The van der Waals surface area contributed by atoms with Crippen LogP contribution in [0.2, 0.25) is 0 Å². The maximum absolute atomic E-state index is 11.7. The Labute approximate surface area is 139 Å². The maximum Gasteiger partial charge on any atom is 0.344 e. The van der Waals surface area contributed by atoms with Crippen LogP contribution < -0.4 is 10.1 Å². The lowest BCUT2D eigenvalue weighted by atomic mass is 10.1. The average Bonchev–Trinajstić information content (AvgIpc) is 2.59. The Bertz CT molecular complexity index is 728. The average molecular weight is 330 g/mol. The van der Waals surface area contributed by atoms with Crippen molar-refractivity contribution in [2.24, 2.45) is 0 Å². The number of nitro groups is 1. The van der Waals surface area contributed by atoms with E-state index in [1.807, 2.05) is 31.2 Å². The van der Waals surface area contributed by atoms with Crippen molar-refractivity contribution in [2.45, 2.75) is 6.92 Å². The highest BCUT2D eigenvalue weighted by atomic mass is 16.6. The Hall–Kier alpha value is -3.09. The molecule has 0 spiro atoms. The fourth-order valence-corrected chi connectivity index (χ4v) is 2.08. The van der Waals surface area contributed by atoms with E-state index in [1.165, 1.54) is 25.3 Å². The number of rotatable bonds is 7. The highest BCUT2D eigenvalue weighted by molar-refractivity contribution is 5.95. The molecule has 0 radical (unpaired) electrons. The summed E-state index contributed by atoms with van der Waals surface area (Å²) in [7, 11) is 1.18. The molecule has 0 aliphatic rings. The molecule has 0 aromatic heterocycles. The van der Waals surface area contributed by atoms with Gasteiger partial charge in [-0.05, 0) is 31.2 Å². The number of nitrogens with one attached hydrogen (secondary N) is 1. The number of ether oxygens (including phenoxy) is 2. The van der Waals surface area contributed by atoms with Crippen LogP contribution in [0.5, 0.6) is 5.75 Å². The van der Waals surface area contributed by atoms with Crippen LogP contribution >= 0.6 is 0 Å². The minimum absolute atomic E-state index is 0.0908. The van der Waals surface area contributed by atoms with Gasteiger partial charge in [-0.15, -0.1) is 0 Å². The summed E-state index contributed by atoms with van der Waals surface area (Å²) in [6.45, 7) is 2.89. The highest BCUT2D eigenvalue weighted by Gasteiger charge is 2.21. The Morgan fingerprint density at radius 3 is 2.54 bits per heavy atom. The summed E-state index contributed by atoms with van der Waals surface area (Å²) in [5, 5.41) is 14.0. The first kappa shape index (κ1) is 17.3. The standard InChI is InChI=1S/C17H18N2O5/c1-12-3-6-14(7-4-12)24-10-9-18-13-5-8-16(19(21)22)15(11-13)17(20)23-2/h3-8,11,18H,9-10H2,1-2H3. The monoisotopic (exact) mass is 330 g/mol. The van der Waals surface area contributed by atoms with E-state index in [2.05, 4.69) is 10.1 Å². The van der Waals surface area contributed by atoms with Crippen LogP contribution in [0.4, 0.5) is 11.4 Å². The molecule has 7 nitrogen and oxygen atoms in total. The van der Waals surface area contributed by atoms with Crippen LogP contribution in [0, 0.1) is 17.0 Å². The van der Waals surface area contributed by atoms with Crippen LogP contribution in [0.15, 0.2) is 42.5 Å². The van der Waals surface area contributed by atoms with Gasteiger partial charge in [-0.3, -0.25) is 10.1 Å². The first-order chi connectivity index (χ1) is 11.5. The van der Waals surface area contributed by atoms with Crippen LogP contribution in [-0.4, -0.2) is 31.2 Å². The van der Waals surface area contributed by atoms with Crippen molar-refractivity contribution in [1.29, 1.82) is 0 Å². The topological polar surface area (TPSA) is 90.7 Å². The van der Waals surface area contributed by atoms with Gasteiger partial charge in [0.05, 0.1) is 12.0 Å². The van der Waals surface area contributed by atoms with E-state index in [0.29, 0.717) is 18.8 Å². The number of anilines is 1. The molecule has 2 aromatic carbocycles. The summed E-state index contributed by atoms with van der Waals surface area (Å²) in [6.07, 6.45) is 0. The van der Waals surface area contributed by atoms with Gasteiger partial charge < -0.3 is 14.8 Å². The molecule has 0 aliphatic carbocycles. The van der Waals surface area contributed by atoms with Crippen LogP contribution in [-0.2, 0) is 4.74 Å². The predicted octanol–water partition coefficient (Wildman–Crippen LogP) is 3.18. The molecular weight excluding hydrogens is 312 g/mol. The summed E-state index contributed by atoms with van der Waals surface area (Å²) in [6, 6.07) is 11.9. The van der Waals surface area contributed by atoms with Crippen molar-refractivity contribution in [3.8, 4) is 5.75 Å². The summed E-state index contributed by atoms with van der Waals surface area (Å²) >= 11 is 0. The second-order valence-electron chi connectivity index (χ2n) is 5.07. The van der Waals surface area contributed by atoms with Crippen molar-refractivity contribution in [3.05, 3.63) is 63.7 Å². The summed E-state index contributed by atoms with van der Waals surface area (Å²) < 4.78 is 10.2. The van der Waals surface area contributed by atoms with Crippen LogP contribution in [0.1, 0.15) is 15.9 Å².